The number of sulfonamides is 1. The maximum absolute atomic E-state index is 14.5. The van der Waals surface area contributed by atoms with Gasteiger partial charge in [-0.3, -0.25) is 9.10 Å². The Balaban J connectivity index is 1.38. The van der Waals surface area contributed by atoms with Crippen LogP contribution in [0.15, 0.2) is 126 Å². The van der Waals surface area contributed by atoms with E-state index in [1.807, 2.05) is 48.5 Å². The summed E-state index contributed by atoms with van der Waals surface area (Å²) in [6.07, 6.45) is 0. The molecule has 0 aromatic heterocycles. The van der Waals surface area contributed by atoms with E-state index in [4.69, 9.17) is 14.2 Å². The zero-order valence-electron chi connectivity index (χ0n) is 24.4. The standard InChI is InChI=1S/C36H30N2O6S/c1-42-26-17-18-28-33(19-26)44-23-30-29-20-31(37-36(39)25-13-7-3-8-14-25)34(43-22-24-11-5-2-6-12-24)21-32(29)38(35(28)30)45(40,41)27-15-9-4-10-16-27/h2-21,30,35H,22-23H2,1H3,(H,37,39)/t30-,35-/m1/s1. The molecule has 2 atom stereocenters. The van der Waals surface area contributed by atoms with Gasteiger partial charge >= 0.3 is 0 Å². The predicted molar refractivity (Wildman–Crippen MR) is 172 cm³/mol. The molecule has 2 aliphatic heterocycles. The number of carbonyl (C=O) groups is 1. The van der Waals surface area contributed by atoms with Crippen LogP contribution < -0.4 is 23.8 Å². The molecule has 0 radical (unpaired) electrons. The average molecular weight is 619 g/mol. The minimum atomic E-state index is -4.04. The molecule has 0 saturated carbocycles. The lowest BCUT2D eigenvalue weighted by atomic mass is 9.88. The summed E-state index contributed by atoms with van der Waals surface area (Å²) >= 11 is 0. The molecular formula is C36H30N2O6S. The van der Waals surface area contributed by atoms with Crippen LogP contribution in [0.5, 0.6) is 17.2 Å². The maximum Gasteiger partial charge on any atom is 0.264 e. The van der Waals surface area contributed by atoms with Gasteiger partial charge in [0.1, 0.15) is 23.9 Å². The highest BCUT2D eigenvalue weighted by Gasteiger charge is 2.49. The molecule has 9 heteroatoms. The summed E-state index contributed by atoms with van der Waals surface area (Å²) in [7, 11) is -2.46. The smallest absolute Gasteiger partial charge is 0.264 e. The summed E-state index contributed by atoms with van der Waals surface area (Å²) < 4.78 is 48.4. The lowest BCUT2D eigenvalue weighted by Gasteiger charge is -2.34. The number of rotatable bonds is 8. The molecule has 8 nitrogen and oxygen atoms in total. The van der Waals surface area contributed by atoms with Crippen molar-refractivity contribution < 1.29 is 27.4 Å². The molecule has 1 amide bonds. The zero-order valence-corrected chi connectivity index (χ0v) is 25.2. The second kappa shape index (κ2) is 11.7. The Morgan fingerprint density at radius 3 is 2.27 bits per heavy atom. The zero-order chi connectivity index (χ0) is 31.0. The van der Waals surface area contributed by atoms with Crippen molar-refractivity contribution in [1.29, 1.82) is 0 Å². The van der Waals surface area contributed by atoms with Crippen molar-refractivity contribution in [1.82, 2.24) is 0 Å². The SMILES string of the molecule is COc1ccc2c(c1)OC[C@@H]1c3cc(NC(=O)c4ccccc4)c(OCc4ccccc4)cc3N(S(=O)(=O)c3ccccc3)[C@H]21. The second-order valence-corrected chi connectivity index (χ2v) is 12.7. The first kappa shape index (κ1) is 28.5. The van der Waals surface area contributed by atoms with E-state index in [1.165, 1.54) is 4.31 Å². The number of nitrogens with zero attached hydrogens (tertiary/aromatic N) is 1. The van der Waals surface area contributed by atoms with E-state index in [-0.39, 0.29) is 29.9 Å². The van der Waals surface area contributed by atoms with Crippen LogP contribution in [0.1, 0.15) is 39.0 Å². The number of benzene rings is 5. The van der Waals surface area contributed by atoms with Crippen molar-refractivity contribution >= 4 is 27.3 Å². The highest BCUT2D eigenvalue weighted by molar-refractivity contribution is 7.92. The van der Waals surface area contributed by atoms with Crippen LogP contribution >= 0.6 is 0 Å². The second-order valence-electron chi connectivity index (χ2n) is 10.9. The molecule has 45 heavy (non-hydrogen) atoms. The number of hydrogen-bond donors (Lipinski definition) is 1. The molecule has 5 aromatic rings. The Hall–Kier alpha value is -5.28. The van der Waals surface area contributed by atoms with Gasteiger partial charge in [0.05, 0.1) is 36.0 Å². The molecular weight excluding hydrogens is 588 g/mol. The average Bonchev–Trinajstić information content (AvgIpc) is 3.42. The van der Waals surface area contributed by atoms with E-state index < -0.39 is 16.1 Å². The predicted octanol–water partition coefficient (Wildman–Crippen LogP) is 6.95. The van der Waals surface area contributed by atoms with Gasteiger partial charge in [-0.25, -0.2) is 8.42 Å². The Morgan fingerprint density at radius 1 is 0.867 bits per heavy atom. The van der Waals surface area contributed by atoms with Gasteiger partial charge in [0.15, 0.2) is 0 Å². The number of amides is 1. The minimum absolute atomic E-state index is 0.173. The van der Waals surface area contributed by atoms with Gasteiger partial charge in [-0.1, -0.05) is 66.7 Å². The third-order valence-electron chi connectivity index (χ3n) is 8.18. The van der Waals surface area contributed by atoms with Crippen LogP contribution in [-0.4, -0.2) is 28.0 Å². The van der Waals surface area contributed by atoms with Crippen LogP contribution in [0.3, 0.4) is 0 Å². The first-order valence-electron chi connectivity index (χ1n) is 14.6. The van der Waals surface area contributed by atoms with Crippen molar-refractivity contribution in [3.05, 3.63) is 144 Å². The topological polar surface area (TPSA) is 94.2 Å². The first-order valence-corrected chi connectivity index (χ1v) is 16.0. The molecule has 0 spiro atoms. The van der Waals surface area contributed by atoms with Crippen LogP contribution in [0.25, 0.3) is 0 Å². The van der Waals surface area contributed by atoms with Gasteiger partial charge in [0.25, 0.3) is 15.9 Å². The molecule has 226 valence electrons. The third-order valence-corrected chi connectivity index (χ3v) is 9.99. The van der Waals surface area contributed by atoms with Gasteiger partial charge in [-0.05, 0) is 53.6 Å². The highest BCUT2D eigenvalue weighted by atomic mass is 32.2. The van der Waals surface area contributed by atoms with Crippen molar-refractivity contribution in [3.8, 4) is 17.2 Å². The molecule has 1 N–H and O–H groups in total. The van der Waals surface area contributed by atoms with Crippen molar-refractivity contribution in [2.24, 2.45) is 0 Å². The molecule has 0 unspecified atom stereocenters. The summed E-state index contributed by atoms with van der Waals surface area (Å²) in [5.41, 5.74) is 3.79. The summed E-state index contributed by atoms with van der Waals surface area (Å²) in [6.45, 7) is 0.451. The van der Waals surface area contributed by atoms with Crippen molar-refractivity contribution in [2.45, 2.75) is 23.5 Å². The van der Waals surface area contributed by atoms with E-state index in [1.54, 1.807) is 79.9 Å². The third kappa shape index (κ3) is 5.25. The molecule has 7 rings (SSSR count). The lowest BCUT2D eigenvalue weighted by molar-refractivity contribution is 0.102. The van der Waals surface area contributed by atoms with E-state index in [9.17, 15) is 13.2 Å². The van der Waals surface area contributed by atoms with Gasteiger partial charge in [0.2, 0.25) is 0 Å². The van der Waals surface area contributed by atoms with E-state index in [2.05, 4.69) is 5.32 Å². The van der Waals surface area contributed by atoms with E-state index >= 15 is 0 Å². The normalized spacial score (nSPS) is 16.5. The largest absolute Gasteiger partial charge is 0.497 e. The first-order chi connectivity index (χ1) is 21.9. The molecule has 2 aliphatic rings. The van der Waals surface area contributed by atoms with Gasteiger partial charge in [-0.15, -0.1) is 0 Å². The number of carbonyl (C=O) groups excluding carboxylic acids is 1. The van der Waals surface area contributed by atoms with E-state index in [0.29, 0.717) is 34.2 Å². The summed E-state index contributed by atoms with van der Waals surface area (Å²) in [4.78, 5) is 13.5. The summed E-state index contributed by atoms with van der Waals surface area (Å²) in [5.74, 6) is 0.873. The monoisotopic (exact) mass is 618 g/mol. The van der Waals surface area contributed by atoms with Crippen LogP contribution in [0.4, 0.5) is 11.4 Å². The number of nitrogens with one attached hydrogen (secondary N) is 1. The Bertz CT molecular complexity index is 1970. The maximum atomic E-state index is 14.5. The molecule has 0 aliphatic carbocycles. The highest BCUT2D eigenvalue weighted by Crippen LogP contribution is 2.57. The van der Waals surface area contributed by atoms with Gasteiger partial charge < -0.3 is 19.5 Å². The Labute approximate surface area is 261 Å². The number of fused-ring (bicyclic) bond motifs is 5. The Kier molecular flexibility index (Phi) is 7.39. The van der Waals surface area contributed by atoms with Gasteiger partial charge in [-0.2, -0.15) is 0 Å². The molecule has 0 fully saturated rings. The number of ether oxygens (including phenoxy) is 3. The fraction of sp³-hybridized carbons (Fsp3) is 0.139. The number of hydrogen-bond acceptors (Lipinski definition) is 6. The van der Waals surface area contributed by atoms with E-state index in [0.717, 1.165) is 16.7 Å². The lowest BCUT2D eigenvalue weighted by Crippen LogP contribution is -2.36. The molecule has 0 bridgehead atoms. The molecule has 2 heterocycles. The summed E-state index contributed by atoms with van der Waals surface area (Å²) in [5, 5.41) is 3.02. The van der Waals surface area contributed by atoms with Gasteiger partial charge in [0, 0.05) is 29.2 Å². The minimum Gasteiger partial charge on any atom is -0.497 e. The van der Waals surface area contributed by atoms with Crippen LogP contribution in [0.2, 0.25) is 0 Å². The van der Waals surface area contributed by atoms with Crippen LogP contribution in [-0.2, 0) is 16.6 Å². The number of methoxy groups -OCH3 is 1. The number of anilines is 2. The fourth-order valence-electron chi connectivity index (χ4n) is 5.99. The van der Waals surface area contributed by atoms with Crippen molar-refractivity contribution in [2.75, 3.05) is 23.3 Å². The fourth-order valence-corrected chi connectivity index (χ4v) is 7.70. The Morgan fingerprint density at radius 2 is 1.56 bits per heavy atom. The quantitative estimate of drug-likeness (QED) is 0.202. The van der Waals surface area contributed by atoms with Crippen LogP contribution in [0, 0.1) is 0 Å². The van der Waals surface area contributed by atoms with Crippen molar-refractivity contribution in [3.63, 3.8) is 0 Å². The molecule has 0 saturated heterocycles. The molecule has 5 aromatic carbocycles. The summed E-state index contributed by atoms with van der Waals surface area (Å²) in [6, 6.07) is 35.4.